The number of fused-ring (bicyclic) bond motifs is 3. The molecule has 0 unspecified atom stereocenters. The van der Waals surface area contributed by atoms with Crippen LogP contribution in [0.5, 0.6) is 0 Å². The van der Waals surface area contributed by atoms with Gasteiger partial charge in [-0.15, -0.1) is 0 Å². The molecule has 0 aromatic carbocycles. The molecule has 0 aliphatic carbocycles. The first kappa shape index (κ1) is 6.59. The van der Waals surface area contributed by atoms with Gasteiger partial charge in [0.05, 0.1) is 12.4 Å². The standard InChI is InChI=1S/C8H7N5/c1-2-13-7(10-1)4-11-6-3-9-5-12-8(6)13/h1-4,12H,5H2. The zero-order chi connectivity index (χ0) is 8.67. The van der Waals surface area contributed by atoms with Crippen molar-refractivity contribution in [2.24, 2.45) is 4.99 Å². The number of hydrogen-bond donors (Lipinski definition) is 1. The maximum absolute atomic E-state index is 4.22. The highest BCUT2D eigenvalue weighted by Crippen LogP contribution is 2.15. The summed E-state index contributed by atoms with van der Waals surface area (Å²) in [5.41, 5.74) is 1.71. The largest absolute Gasteiger partial charge is 0.350 e. The van der Waals surface area contributed by atoms with E-state index in [1.807, 2.05) is 10.6 Å². The number of aliphatic imine (C=N–C) groups is 1. The van der Waals surface area contributed by atoms with Gasteiger partial charge in [0.25, 0.3) is 0 Å². The van der Waals surface area contributed by atoms with Crippen LogP contribution in [0.3, 0.4) is 0 Å². The van der Waals surface area contributed by atoms with E-state index in [1.54, 1.807) is 18.6 Å². The van der Waals surface area contributed by atoms with E-state index in [2.05, 4.69) is 20.3 Å². The Morgan fingerprint density at radius 1 is 1.38 bits per heavy atom. The second-order valence-corrected chi connectivity index (χ2v) is 2.79. The molecule has 5 heteroatoms. The van der Waals surface area contributed by atoms with Crippen molar-refractivity contribution in [3.63, 3.8) is 0 Å². The van der Waals surface area contributed by atoms with E-state index in [0.717, 1.165) is 17.2 Å². The van der Waals surface area contributed by atoms with E-state index in [-0.39, 0.29) is 0 Å². The van der Waals surface area contributed by atoms with Crippen molar-refractivity contribution in [2.75, 3.05) is 12.0 Å². The minimum Gasteiger partial charge on any atom is -0.350 e. The summed E-state index contributed by atoms with van der Waals surface area (Å²) in [5, 5.41) is 3.15. The van der Waals surface area contributed by atoms with E-state index in [0.29, 0.717) is 6.67 Å². The summed E-state index contributed by atoms with van der Waals surface area (Å²) in [6.07, 6.45) is 7.16. The van der Waals surface area contributed by atoms with Gasteiger partial charge in [0.2, 0.25) is 0 Å². The Labute approximate surface area is 74.2 Å². The quantitative estimate of drug-likeness (QED) is 0.632. The number of aromatic nitrogens is 3. The van der Waals surface area contributed by atoms with Crippen LogP contribution in [-0.2, 0) is 0 Å². The number of nitrogens with zero attached hydrogens (tertiary/aromatic N) is 4. The number of hydrogen-bond acceptors (Lipinski definition) is 4. The molecule has 0 spiro atoms. The fourth-order valence-corrected chi connectivity index (χ4v) is 1.43. The Bertz CT molecular complexity index is 484. The van der Waals surface area contributed by atoms with Crippen LogP contribution in [0.15, 0.2) is 23.6 Å². The van der Waals surface area contributed by atoms with E-state index in [9.17, 15) is 0 Å². The lowest BCUT2D eigenvalue weighted by Gasteiger charge is -2.12. The molecular formula is C8H7N5. The highest BCUT2D eigenvalue weighted by atomic mass is 15.2. The SMILES string of the molecule is C1=NCNc2c1ncc1nccn21. The molecule has 1 aliphatic heterocycles. The molecule has 0 fully saturated rings. The van der Waals surface area contributed by atoms with Crippen LogP contribution < -0.4 is 5.32 Å². The summed E-state index contributed by atoms with van der Waals surface area (Å²) in [6.45, 7) is 0.603. The molecule has 0 amide bonds. The third-order valence-corrected chi connectivity index (χ3v) is 2.02. The molecule has 1 aliphatic rings. The zero-order valence-corrected chi connectivity index (χ0v) is 6.81. The topological polar surface area (TPSA) is 54.6 Å². The lowest BCUT2D eigenvalue weighted by atomic mass is 10.4. The Morgan fingerprint density at radius 3 is 3.38 bits per heavy atom. The maximum Gasteiger partial charge on any atom is 0.156 e. The van der Waals surface area contributed by atoms with Gasteiger partial charge >= 0.3 is 0 Å². The fraction of sp³-hybridized carbons (Fsp3) is 0.125. The number of nitrogens with one attached hydrogen (secondary N) is 1. The monoisotopic (exact) mass is 173 g/mol. The lowest BCUT2D eigenvalue weighted by molar-refractivity contribution is 1.02. The van der Waals surface area contributed by atoms with Crippen molar-refractivity contribution in [1.82, 2.24) is 14.4 Å². The summed E-state index contributed by atoms with van der Waals surface area (Å²) in [6, 6.07) is 0. The molecule has 0 saturated carbocycles. The van der Waals surface area contributed by atoms with E-state index in [1.165, 1.54) is 0 Å². The molecule has 0 bridgehead atoms. The Kier molecular flexibility index (Phi) is 1.16. The van der Waals surface area contributed by atoms with Gasteiger partial charge in [-0.05, 0) is 0 Å². The highest BCUT2D eigenvalue weighted by Gasteiger charge is 2.09. The molecule has 0 saturated heterocycles. The second-order valence-electron chi connectivity index (χ2n) is 2.79. The molecule has 64 valence electrons. The predicted molar refractivity (Wildman–Crippen MR) is 49.1 cm³/mol. The van der Waals surface area contributed by atoms with Gasteiger partial charge in [0.15, 0.2) is 5.65 Å². The van der Waals surface area contributed by atoms with Crippen molar-refractivity contribution >= 4 is 17.7 Å². The van der Waals surface area contributed by atoms with Crippen LogP contribution in [-0.4, -0.2) is 27.3 Å². The first-order valence-corrected chi connectivity index (χ1v) is 4.01. The van der Waals surface area contributed by atoms with Crippen molar-refractivity contribution in [2.45, 2.75) is 0 Å². The summed E-state index contributed by atoms with van der Waals surface area (Å²) >= 11 is 0. The molecule has 5 nitrogen and oxygen atoms in total. The minimum atomic E-state index is 0.603. The summed E-state index contributed by atoms with van der Waals surface area (Å²) in [5.74, 6) is 0.963. The fourth-order valence-electron chi connectivity index (χ4n) is 1.43. The van der Waals surface area contributed by atoms with Gasteiger partial charge in [-0.3, -0.25) is 9.39 Å². The van der Waals surface area contributed by atoms with E-state index >= 15 is 0 Å². The average Bonchev–Trinajstić information content (AvgIpc) is 2.65. The molecule has 0 radical (unpaired) electrons. The molecule has 3 heterocycles. The normalized spacial score (nSPS) is 14.2. The third kappa shape index (κ3) is 0.837. The van der Waals surface area contributed by atoms with Gasteiger partial charge in [-0.2, -0.15) is 0 Å². The second kappa shape index (κ2) is 2.29. The first-order chi connectivity index (χ1) is 6.45. The van der Waals surface area contributed by atoms with Gasteiger partial charge in [0.1, 0.15) is 18.2 Å². The molecule has 13 heavy (non-hydrogen) atoms. The van der Waals surface area contributed by atoms with Gasteiger partial charge in [0, 0.05) is 12.4 Å². The van der Waals surface area contributed by atoms with Crippen molar-refractivity contribution < 1.29 is 0 Å². The average molecular weight is 173 g/mol. The number of imidazole rings is 1. The van der Waals surface area contributed by atoms with Gasteiger partial charge in [-0.1, -0.05) is 0 Å². The predicted octanol–water partition coefficient (Wildman–Crippen LogP) is 0.531. The summed E-state index contributed by atoms with van der Waals surface area (Å²) in [7, 11) is 0. The van der Waals surface area contributed by atoms with Crippen LogP contribution >= 0.6 is 0 Å². The van der Waals surface area contributed by atoms with Crippen LogP contribution in [0.2, 0.25) is 0 Å². The molecule has 2 aromatic rings. The van der Waals surface area contributed by atoms with Crippen LogP contribution in [0, 0.1) is 0 Å². The Morgan fingerprint density at radius 2 is 2.38 bits per heavy atom. The third-order valence-electron chi connectivity index (χ3n) is 2.02. The summed E-state index contributed by atoms with van der Waals surface area (Å²) in [4.78, 5) is 12.4. The van der Waals surface area contributed by atoms with Crippen LogP contribution in [0.4, 0.5) is 5.82 Å². The molecular weight excluding hydrogens is 166 g/mol. The molecule has 1 N–H and O–H groups in total. The van der Waals surface area contributed by atoms with E-state index < -0.39 is 0 Å². The molecule has 0 atom stereocenters. The van der Waals surface area contributed by atoms with Gasteiger partial charge in [-0.25, -0.2) is 9.97 Å². The summed E-state index contributed by atoms with van der Waals surface area (Å²) < 4.78 is 1.97. The van der Waals surface area contributed by atoms with Crippen molar-refractivity contribution in [1.29, 1.82) is 0 Å². The van der Waals surface area contributed by atoms with Crippen molar-refractivity contribution in [3.8, 4) is 0 Å². The lowest BCUT2D eigenvalue weighted by Crippen LogP contribution is -2.13. The minimum absolute atomic E-state index is 0.603. The van der Waals surface area contributed by atoms with Gasteiger partial charge < -0.3 is 5.32 Å². The maximum atomic E-state index is 4.22. The Hall–Kier alpha value is -1.91. The van der Waals surface area contributed by atoms with Crippen LogP contribution in [0.1, 0.15) is 5.69 Å². The van der Waals surface area contributed by atoms with Crippen molar-refractivity contribution in [3.05, 3.63) is 24.3 Å². The van der Waals surface area contributed by atoms with Crippen LogP contribution in [0.25, 0.3) is 5.65 Å². The smallest absolute Gasteiger partial charge is 0.156 e. The highest BCUT2D eigenvalue weighted by molar-refractivity contribution is 5.86. The molecule has 3 rings (SSSR count). The van der Waals surface area contributed by atoms with E-state index in [4.69, 9.17) is 0 Å². The number of rotatable bonds is 0. The zero-order valence-electron chi connectivity index (χ0n) is 6.81. The molecule has 2 aromatic heterocycles. The number of anilines is 1. The Balaban J connectivity index is 2.42. The first-order valence-electron chi connectivity index (χ1n) is 4.01.